The highest BCUT2D eigenvalue weighted by Gasteiger charge is 2.61. The van der Waals surface area contributed by atoms with Crippen molar-refractivity contribution in [3.05, 3.63) is 88.7 Å². The van der Waals surface area contributed by atoms with Crippen molar-refractivity contribution in [2.24, 2.45) is 17.8 Å². The van der Waals surface area contributed by atoms with Crippen LogP contribution in [0, 0.1) is 29.4 Å². The molecule has 3 N–H and O–H groups in total. The van der Waals surface area contributed by atoms with Crippen molar-refractivity contribution in [2.45, 2.75) is 54.5 Å². The van der Waals surface area contributed by atoms with E-state index < -0.39 is 56.2 Å². The van der Waals surface area contributed by atoms with Gasteiger partial charge in [-0.25, -0.2) is 17.2 Å². The molecule has 1 amide bonds. The maximum Gasteiger partial charge on any atom is 0.255 e. The van der Waals surface area contributed by atoms with E-state index in [4.69, 9.17) is 11.6 Å². The van der Waals surface area contributed by atoms with Gasteiger partial charge in [0.05, 0.1) is 26.9 Å². The van der Waals surface area contributed by atoms with E-state index in [1.54, 1.807) is 24.4 Å². The normalized spacial score (nSPS) is 26.9. The van der Waals surface area contributed by atoms with Crippen LogP contribution in [0.5, 0.6) is 0 Å². The van der Waals surface area contributed by atoms with Gasteiger partial charge in [-0.3, -0.25) is 9.78 Å². The number of fused-ring (bicyclic) bond motifs is 2. The number of hydrogen-bond donors (Lipinski definition) is 3. The van der Waals surface area contributed by atoms with Gasteiger partial charge in [0.2, 0.25) is 0 Å². The first-order valence-corrected chi connectivity index (χ1v) is 14.9. The van der Waals surface area contributed by atoms with E-state index in [1.807, 2.05) is 6.92 Å². The topological polar surface area (TPSA) is 117 Å². The van der Waals surface area contributed by atoms with Gasteiger partial charge in [-0.1, -0.05) is 24.6 Å². The van der Waals surface area contributed by atoms with Gasteiger partial charge in [-0.05, 0) is 79.5 Å². The van der Waals surface area contributed by atoms with Gasteiger partial charge in [-0.2, -0.15) is 0 Å². The number of nitrogens with zero attached hydrogens (tertiary/aromatic N) is 1. The maximum atomic E-state index is 13.9. The smallest absolute Gasteiger partial charge is 0.255 e. The molecule has 0 saturated heterocycles. The summed E-state index contributed by atoms with van der Waals surface area (Å²) in [6.45, 7) is 1.95. The average Bonchev–Trinajstić information content (AvgIpc) is 3.04. The number of aliphatic hydroxyl groups is 2. The summed E-state index contributed by atoms with van der Waals surface area (Å²) in [6, 6.07) is 12.0. The van der Waals surface area contributed by atoms with Crippen molar-refractivity contribution in [2.75, 3.05) is 5.32 Å². The quantitative estimate of drug-likeness (QED) is 0.364. The molecular formula is C29H29ClF2N2O5S. The SMILES string of the molecule is C[C@H]1CC2C[C@@H](S(=O)(=O)c3cc(C(=O)Nc4ccc(F)c(F)c4)ccc3Cl)CC1[C@@]2(O)C(O)Cc1ccccn1. The Hall–Kier alpha value is -2.92. The van der Waals surface area contributed by atoms with Crippen LogP contribution in [0.25, 0.3) is 0 Å². The van der Waals surface area contributed by atoms with Crippen LogP contribution in [0.4, 0.5) is 14.5 Å². The van der Waals surface area contributed by atoms with Crippen LogP contribution in [0.2, 0.25) is 5.02 Å². The largest absolute Gasteiger partial charge is 0.390 e. The third-order valence-corrected chi connectivity index (χ3v) is 11.1. The predicted octanol–water partition coefficient (Wildman–Crippen LogP) is 4.81. The van der Waals surface area contributed by atoms with Gasteiger partial charge >= 0.3 is 0 Å². The fourth-order valence-corrected chi connectivity index (χ4v) is 8.81. The number of rotatable bonds is 7. The molecule has 2 aromatic carbocycles. The Morgan fingerprint density at radius 3 is 2.58 bits per heavy atom. The number of aliphatic hydroxyl groups excluding tert-OH is 1. The van der Waals surface area contributed by atoms with Gasteiger partial charge < -0.3 is 15.5 Å². The predicted molar refractivity (Wildman–Crippen MR) is 146 cm³/mol. The zero-order valence-electron chi connectivity index (χ0n) is 21.6. The van der Waals surface area contributed by atoms with Crippen molar-refractivity contribution < 1.29 is 32.2 Å². The number of hydrogen-bond acceptors (Lipinski definition) is 6. The van der Waals surface area contributed by atoms with Gasteiger partial charge in [0.15, 0.2) is 21.5 Å². The molecule has 40 heavy (non-hydrogen) atoms. The van der Waals surface area contributed by atoms with E-state index in [0.29, 0.717) is 12.1 Å². The van der Waals surface area contributed by atoms with Crippen LogP contribution in [0.3, 0.4) is 0 Å². The Labute approximate surface area is 236 Å². The second kappa shape index (κ2) is 10.8. The summed E-state index contributed by atoms with van der Waals surface area (Å²) >= 11 is 6.32. The molecule has 2 bridgehead atoms. The molecule has 7 nitrogen and oxygen atoms in total. The maximum absolute atomic E-state index is 13.9. The van der Waals surface area contributed by atoms with Crippen LogP contribution >= 0.6 is 11.6 Å². The number of aromatic nitrogens is 1. The lowest BCUT2D eigenvalue weighted by atomic mass is 9.69. The first-order chi connectivity index (χ1) is 18.9. The van der Waals surface area contributed by atoms with Crippen molar-refractivity contribution in [1.82, 2.24) is 4.98 Å². The highest BCUT2D eigenvalue weighted by Crippen LogP contribution is 2.56. The standard InChI is InChI=1S/C29H29ClF2N2O5S/c1-16-10-18-12-21(15-22(16)29(18,37)27(35)14-19-4-2-3-9-33-19)40(38,39)26-11-17(5-7-23(26)30)28(36)34-20-6-8-24(31)25(32)13-20/h2-9,11,13,16,18,21-22,27,35,37H,10,12,14-15H2,1H3,(H,34,36)/t16-,18?,21+,22?,27?,29+/m0/s1. The molecule has 2 fully saturated rings. The Morgan fingerprint density at radius 2 is 1.90 bits per heavy atom. The Morgan fingerprint density at radius 1 is 1.12 bits per heavy atom. The molecule has 2 saturated carbocycles. The van der Waals surface area contributed by atoms with Gasteiger partial charge in [0, 0.05) is 35.6 Å². The lowest BCUT2D eigenvalue weighted by molar-refractivity contribution is -0.144. The fraction of sp³-hybridized carbons (Fsp3) is 0.379. The summed E-state index contributed by atoms with van der Waals surface area (Å²) in [6.07, 6.45) is 1.46. The lowest BCUT2D eigenvalue weighted by Gasteiger charge is -2.45. The second-order valence-electron chi connectivity index (χ2n) is 10.8. The zero-order chi connectivity index (χ0) is 28.8. The van der Waals surface area contributed by atoms with Gasteiger partial charge in [-0.15, -0.1) is 0 Å². The third kappa shape index (κ3) is 5.13. The molecule has 0 radical (unpaired) electrons. The molecule has 0 spiro atoms. The molecule has 0 aliphatic heterocycles. The number of carbonyl (C=O) groups excluding carboxylic acids is 1. The molecule has 2 aliphatic carbocycles. The summed E-state index contributed by atoms with van der Waals surface area (Å²) in [4.78, 5) is 16.8. The van der Waals surface area contributed by atoms with E-state index in [-0.39, 0.29) is 46.3 Å². The van der Waals surface area contributed by atoms with E-state index in [0.717, 1.165) is 12.1 Å². The first-order valence-electron chi connectivity index (χ1n) is 13.0. The molecule has 6 atom stereocenters. The first kappa shape index (κ1) is 28.6. The molecule has 1 heterocycles. The average molecular weight is 591 g/mol. The summed E-state index contributed by atoms with van der Waals surface area (Å²) in [5.74, 6) is -3.87. The summed E-state index contributed by atoms with van der Waals surface area (Å²) < 4.78 is 54.5. The van der Waals surface area contributed by atoms with Gasteiger partial charge in [0.1, 0.15) is 0 Å². The number of benzene rings is 2. The Bertz CT molecular complexity index is 1540. The minimum absolute atomic E-state index is 0.00430. The van der Waals surface area contributed by atoms with Crippen molar-refractivity contribution >= 4 is 33.0 Å². The summed E-state index contributed by atoms with van der Waals surface area (Å²) in [5.41, 5.74) is -0.846. The monoisotopic (exact) mass is 590 g/mol. The van der Waals surface area contributed by atoms with Crippen molar-refractivity contribution in [1.29, 1.82) is 0 Å². The van der Waals surface area contributed by atoms with E-state index in [9.17, 15) is 32.2 Å². The minimum Gasteiger partial charge on any atom is -0.390 e. The number of anilines is 1. The van der Waals surface area contributed by atoms with Crippen LogP contribution in [-0.4, -0.2) is 46.5 Å². The molecule has 3 unspecified atom stereocenters. The fourth-order valence-electron chi connectivity index (χ4n) is 6.44. The van der Waals surface area contributed by atoms with Crippen LogP contribution < -0.4 is 5.32 Å². The molecular weight excluding hydrogens is 562 g/mol. The zero-order valence-corrected chi connectivity index (χ0v) is 23.2. The number of halogens is 3. The second-order valence-corrected chi connectivity index (χ2v) is 13.4. The van der Waals surface area contributed by atoms with Crippen LogP contribution in [0.1, 0.15) is 42.2 Å². The summed E-state index contributed by atoms with van der Waals surface area (Å²) in [5, 5.41) is 24.4. The Balaban J connectivity index is 1.38. The molecule has 2 aliphatic rings. The Kier molecular flexibility index (Phi) is 7.73. The van der Waals surface area contributed by atoms with E-state index >= 15 is 0 Å². The third-order valence-electron chi connectivity index (χ3n) is 8.43. The van der Waals surface area contributed by atoms with Crippen molar-refractivity contribution in [3.63, 3.8) is 0 Å². The molecule has 3 aromatic rings. The molecule has 5 rings (SSSR count). The number of pyridine rings is 1. The van der Waals surface area contributed by atoms with Crippen LogP contribution in [-0.2, 0) is 16.3 Å². The molecule has 1 aromatic heterocycles. The lowest BCUT2D eigenvalue weighted by Crippen LogP contribution is -2.56. The number of carbonyl (C=O) groups is 1. The number of sulfone groups is 1. The highest BCUT2D eigenvalue weighted by atomic mass is 35.5. The van der Waals surface area contributed by atoms with Gasteiger partial charge in [0.25, 0.3) is 5.91 Å². The minimum atomic E-state index is -4.04. The molecule has 11 heteroatoms. The van der Waals surface area contributed by atoms with Crippen LogP contribution in [0.15, 0.2) is 65.7 Å². The summed E-state index contributed by atoms with van der Waals surface area (Å²) in [7, 11) is -4.04. The van der Waals surface area contributed by atoms with E-state index in [1.165, 1.54) is 24.3 Å². The number of amides is 1. The van der Waals surface area contributed by atoms with Crippen molar-refractivity contribution in [3.8, 4) is 0 Å². The van der Waals surface area contributed by atoms with E-state index in [2.05, 4.69) is 10.3 Å². The highest BCUT2D eigenvalue weighted by molar-refractivity contribution is 7.92. The molecule has 212 valence electrons. The number of nitrogens with one attached hydrogen (secondary N) is 1.